The number of hydrogen-bond acceptors (Lipinski definition) is 2. The average molecular weight is 174 g/mol. The van der Waals surface area contributed by atoms with Gasteiger partial charge in [-0.05, 0) is 13.3 Å². The van der Waals surface area contributed by atoms with Gasteiger partial charge in [-0.1, -0.05) is 27.2 Å². The summed E-state index contributed by atoms with van der Waals surface area (Å²) in [6.45, 7) is 9.73. The normalized spacial score (nSPS) is 20.0. The molecule has 0 aromatic carbocycles. The predicted molar refractivity (Wildman–Crippen MR) is 51.2 cm³/mol. The maximum Gasteiger partial charge on any atom is 0.165 e. The Morgan fingerprint density at radius 1 is 1.17 bits per heavy atom. The second-order valence-corrected chi connectivity index (χ2v) is 2.93. The lowest BCUT2D eigenvalue weighted by molar-refractivity contribution is -0.147. The first-order valence-electron chi connectivity index (χ1n) is 5.05. The van der Waals surface area contributed by atoms with E-state index in [-0.39, 0.29) is 5.79 Å². The Bertz CT molecular complexity index is 96.0. The molecule has 0 aliphatic carbocycles. The molecule has 0 radical (unpaired) electrons. The summed E-state index contributed by atoms with van der Waals surface area (Å²) in [4.78, 5) is 0. The van der Waals surface area contributed by atoms with Crippen molar-refractivity contribution in [3.8, 4) is 0 Å². The van der Waals surface area contributed by atoms with Gasteiger partial charge in [-0.25, -0.2) is 0 Å². The van der Waals surface area contributed by atoms with Crippen molar-refractivity contribution in [1.82, 2.24) is 0 Å². The van der Waals surface area contributed by atoms with Gasteiger partial charge in [0.25, 0.3) is 0 Å². The van der Waals surface area contributed by atoms with Gasteiger partial charge in [0, 0.05) is 6.42 Å². The largest absolute Gasteiger partial charge is 0.348 e. The second-order valence-electron chi connectivity index (χ2n) is 2.93. The van der Waals surface area contributed by atoms with E-state index in [1.165, 1.54) is 12.8 Å². The summed E-state index contributed by atoms with van der Waals surface area (Å²) >= 11 is 0. The van der Waals surface area contributed by atoms with Crippen LogP contribution < -0.4 is 0 Å². The number of rotatable bonds is 3. The van der Waals surface area contributed by atoms with Gasteiger partial charge in [0.05, 0.1) is 13.2 Å². The van der Waals surface area contributed by atoms with Crippen LogP contribution in [-0.4, -0.2) is 19.0 Å². The van der Waals surface area contributed by atoms with Gasteiger partial charge in [-0.3, -0.25) is 0 Å². The highest BCUT2D eigenvalue weighted by Crippen LogP contribution is 2.24. The Kier molecular flexibility index (Phi) is 6.39. The number of hydrogen-bond donors (Lipinski definition) is 0. The van der Waals surface area contributed by atoms with Crippen LogP contribution in [0.25, 0.3) is 0 Å². The van der Waals surface area contributed by atoms with Crippen molar-refractivity contribution >= 4 is 0 Å². The molecule has 1 fully saturated rings. The molecule has 0 N–H and O–H groups in total. The minimum absolute atomic E-state index is 0.254. The fourth-order valence-electron chi connectivity index (χ4n) is 1.20. The molecule has 0 unspecified atom stereocenters. The van der Waals surface area contributed by atoms with Crippen LogP contribution in [0.4, 0.5) is 0 Å². The smallest absolute Gasteiger partial charge is 0.165 e. The quantitative estimate of drug-likeness (QED) is 0.655. The molecule has 2 heteroatoms. The molecular weight excluding hydrogens is 152 g/mol. The summed E-state index contributed by atoms with van der Waals surface area (Å²) in [5, 5.41) is 0. The van der Waals surface area contributed by atoms with E-state index in [0.29, 0.717) is 0 Å². The predicted octanol–water partition coefficient (Wildman–Crippen LogP) is 2.97. The highest BCUT2D eigenvalue weighted by atomic mass is 16.7. The molecule has 74 valence electrons. The average Bonchev–Trinajstić information content (AvgIpc) is 2.53. The van der Waals surface area contributed by atoms with E-state index in [9.17, 15) is 0 Å². The molecule has 0 bridgehead atoms. The SMILES string of the molecule is CC.CCCCC1(C)OCCO1. The van der Waals surface area contributed by atoms with E-state index in [1.54, 1.807) is 0 Å². The summed E-state index contributed by atoms with van der Waals surface area (Å²) in [5.74, 6) is -0.254. The Hall–Kier alpha value is -0.0800. The zero-order valence-electron chi connectivity index (χ0n) is 8.85. The summed E-state index contributed by atoms with van der Waals surface area (Å²) in [5.41, 5.74) is 0. The topological polar surface area (TPSA) is 18.5 Å². The third kappa shape index (κ3) is 4.07. The molecule has 12 heavy (non-hydrogen) atoms. The molecule has 0 aromatic heterocycles. The molecule has 0 amide bonds. The van der Waals surface area contributed by atoms with Crippen molar-refractivity contribution in [2.75, 3.05) is 13.2 Å². The van der Waals surface area contributed by atoms with Crippen LogP contribution in [0.2, 0.25) is 0 Å². The van der Waals surface area contributed by atoms with Crippen LogP contribution >= 0.6 is 0 Å². The molecule has 0 saturated carbocycles. The molecule has 1 saturated heterocycles. The first-order chi connectivity index (χ1) is 5.77. The molecule has 2 nitrogen and oxygen atoms in total. The molecule has 0 spiro atoms. The lowest BCUT2D eigenvalue weighted by Crippen LogP contribution is -2.24. The van der Waals surface area contributed by atoms with Crippen LogP contribution in [0.3, 0.4) is 0 Å². The molecule has 0 atom stereocenters. The van der Waals surface area contributed by atoms with Crippen molar-refractivity contribution in [3.63, 3.8) is 0 Å². The lowest BCUT2D eigenvalue weighted by Gasteiger charge is -2.21. The number of ether oxygens (including phenoxy) is 2. The Morgan fingerprint density at radius 2 is 1.67 bits per heavy atom. The van der Waals surface area contributed by atoms with Gasteiger partial charge < -0.3 is 9.47 Å². The van der Waals surface area contributed by atoms with Gasteiger partial charge in [0.15, 0.2) is 5.79 Å². The van der Waals surface area contributed by atoms with Crippen LogP contribution in [0.1, 0.15) is 47.0 Å². The van der Waals surface area contributed by atoms with E-state index >= 15 is 0 Å². The van der Waals surface area contributed by atoms with E-state index in [1.807, 2.05) is 20.8 Å². The molecule has 1 heterocycles. The monoisotopic (exact) mass is 174 g/mol. The molecule has 1 aliphatic heterocycles. The van der Waals surface area contributed by atoms with Crippen LogP contribution in [-0.2, 0) is 9.47 Å². The zero-order chi connectivity index (χ0) is 9.45. The maximum atomic E-state index is 5.42. The summed E-state index contributed by atoms with van der Waals surface area (Å²) in [6, 6.07) is 0. The summed E-state index contributed by atoms with van der Waals surface area (Å²) in [7, 11) is 0. The second kappa shape index (κ2) is 6.44. The zero-order valence-corrected chi connectivity index (χ0v) is 8.85. The minimum Gasteiger partial charge on any atom is -0.348 e. The van der Waals surface area contributed by atoms with Crippen molar-refractivity contribution in [3.05, 3.63) is 0 Å². The van der Waals surface area contributed by atoms with Crippen LogP contribution in [0.15, 0.2) is 0 Å². The third-order valence-electron chi connectivity index (χ3n) is 1.88. The Morgan fingerprint density at radius 3 is 2.08 bits per heavy atom. The first kappa shape index (κ1) is 11.9. The Labute approximate surface area is 76.3 Å². The van der Waals surface area contributed by atoms with E-state index in [0.717, 1.165) is 19.6 Å². The van der Waals surface area contributed by atoms with Crippen molar-refractivity contribution < 1.29 is 9.47 Å². The first-order valence-corrected chi connectivity index (χ1v) is 5.05. The van der Waals surface area contributed by atoms with Gasteiger partial charge in [0.2, 0.25) is 0 Å². The highest BCUT2D eigenvalue weighted by Gasteiger charge is 2.29. The van der Waals surface area contributed by atoms with Crippen LogP contribution in [0.5, 0.6) is 0 Å². The third-order valence-corrected chi connectivity index (χ3v) is 1.88. The van der Waals surface area contributed by atoms with Gasteiger partial charge in [0.1, 0.15) is 0 Å². The fourth-order valence-corrected chi connectivity index (χ4v) is 1.20. The maximum absolute atomic E-state index is 5.42. The molecule has 0 aromatic rings. The van der Waals surface area contributed by atoms with Crippen molar-refractivity contribution in [1.29, 1.82) is 0 Å². The molecular formula is C10H22O2. The number of unbranched alkanes of at least 4 members (excludes halogenated alkanes) is 1. The van der Waals surface area contributed by atoms with Gasteiger partial charge in [-0.2, -0.15) is 0 Å². The highest BCUT2D eigenvalue weighted by molar-refractivity contribution is 4.67. The standard InChI is InChI=1S/C8H16O2.C2H6/c1-3-4-5-8(2)9-6-7-10-8;1-2/h3-7H2,1-2H3;1-2H3. The molecule has 1 aliphatic rings. The van der Waals surface area contributed by atoms with Crippen molar-refractivity contribution in [2.24, 2.45) is 0 Å². The summed E-state index contributed by atoms with van der Waals surface area (Å²) < 4.78 is 10.8. The van der Waals surface area contributed by atoms with E-state index < -0.39 is 0 Å². The Balaban J connectivity index is 0.000000561. The minimum atomic E-state index is -0.254. The van der Waals surface area contributed by atoms with E-state index in [4.69, 9.17) is 9.47 Å². The summed E-state index contributed by atoms with van der Waals surface area (Å²) in [6.07, 6.45) is 3.43. The van der Waals surface area contributed by atoms with Crippen molar-refractivity contribution in [2.45, 2.75) is 52.7 Å². The van der Waals surface area contributed by atoms with Gasteiger partial charge in [-0.15, -0.1) is 0 Å². The van der Waals surface area contributed by atoms with E-state index in [2.05, 4.69) is 6.92 Å². The van der Waals surface area contributed by atoms with Crippen LogP contribution in [0, 0.1) is 0 Å². The molecule has 1 rings (SSSR count). The fraction of sp³-hybridized carbons (Fsp3) is 1.00. The lowest BCUT2D eigenvalue weighted by atomic mass is 10.1. The van der Waals surface area contributed by atoms with Gasteiger partial charge >= 0.3 is 0 Å².